The van der Waals surface area contributed by atoms with Gasteiger partial charge in [-0.2, -0.15) is 0 Å². The van der Waals surface area contributed by atoms with Gasteiger partial charge in [0.25, 0.3) is 5.69 Å². The summed E-state index contributed by atoms with van der Waals surface area (Å²) in [6, 6.07) is 13.2. The summed E-state index contributed by atoms with van der Waals surface area (Å²) in [5, 5.41) is 11.0. The molecule has 0 spiro atoms. The molecule has 3 aromatic rings. The van der Waals surface area contributed by atoms with Gasteiger partial charge in [-0.1, -0.05) is 30.3 Å². The summed E-state index contributed by atoms with van der Waals surface area (Å²) in [6.07, 6.45) is 0. The quantitative estimate of drug-likeness (QED) is 0.455. The number of nitrogens with one attached hydrogen (secondary N) is 1. The Kier molecular flexibility index (Phi) is 3.41. The second kappa shape index (κ2) is 5.37. The topological polar surface area (TPSA) is 88.9 Å². The first-order valence-corrected chi connectivity index (χ1v) is 6.86. The minimum atomic E-state index is -0.470. The highest BCUT2D eigenvalue weighted by atomic mass is 32.2. The molecule has 6 nitrogen and oxygen atoms in total. The summed E-state index contributed by atoms with van der Waals surface area (Å²) >= 11 is 0.961. The molecule has 0 aliphatic carbocycles. The summed E-state index contributed by atoms with van der Waals surface area (Å²) < 4.78 is 0. The zero-order valence-corrected chi connectivity index (χ0v) is 11.5. The van der Waals surface area contributed by atoms with Crippen LogP contribution in [0.2, 0.25) is 0 Å². The van der Waals surface area contributed by atoms with Gasteiger partial charge in [-0.05, 0) is 17.8 Å². The Bertz CT molecular complexity index is 830. The molecule has 1 N–H and O–H groups in total. The first-order valence-electron chi connectivity index (χ1n) is 6.05. The van der Waals surface area contributed by atoms with Crippen LogP contribution in [0.5, 0.6) is 0 Å². The Hall–Kier alpha value is -2.67. The van der Waals surface area contributed by atoms with Crippen LogP contribution in [0.1, 0.15) is 10.4 Å². The molecular weight excluding hydrogens is 290 g/mol. The van der Waals surface area contributed by atoms with Crippen LogP contribution >= 0.6 is 11.8 Å². The van der Waals surface area contributed by atoms with Crippen molar-refractivity contribution < 1.29 is 9.72 Å². The third kappa shape index (κ3) is 2.77. The number of nitro groups is 1. The maximum absolute atomic E-state index is 12.1. The highest BCUT2D eigenvalue weighted by Crippen LogP contribution is 2.25. The maximum atomic E-state index is 12.1. The van der Waals surface area contributed by atoms with E-state index in [1.54, 1.807) is 30.3 Å². The first-order chi connectivity index (χ1) is 10.1. The van der Waals surface area contributed by atoms with Gasteiger partial charge in [0, 0.05) is 17.7 Å². The molecule has 0 atom stereocenters. The molecule has 0 fully saturated rings. The molecule has 2 aromatic carbocycles. The summed E-state index contributed by atoms with van der Waals surface area (Å²) in [4.78, 5) is 29.5. The van der Waals surface area contributed by atoms with Crippen molar-refractivity contribution in [2.24, 2.45) is 0 Å². The summed E-state index contributed by atoms with van der Waals surface area (Å²) in [7, 11) is 0. The molecular formula is C14H9N3O3S. The van der Waals surface area contributed by atoms with Gasteiger partial charge >= 0.3 is 0 Å². The lowest BCUT2D eigenvalue weighted by molar-refractivity contribution is -0.384. The smallest absolute Gasteiger partial charge is 0.271 e. The van der Waals surface area contributed by atoms with Gasteiger partial charge in [-0.3, -0.25) is 14.9 Å². The number of benzene rings is 2. The molecule has 1 aromatic heterocycles. The number of carbonyl (C=O) groups excluding carboxylic acids is 1. The van der Waals surface area contributed by atoms with E-state index < -0.39 is 4.92 Å². The minimum absolute atomic E-state index is 0.0166. The second-order valence-electron chi connectivity index (χ2n) is 4.26. The predicted octanol–water partition coefficient (Wildman–Crippen LogP) is 3.40. The largest absolute Gasteiger partial charge is 0.332 e. The van der Waals surface area contributed by atoms with Gasteiger partial charge in [0.05, 0.1) is 16.0 Å². The number of fused-ring (bicyclic) bond motifs is 1. The zero-order chi connectivity index (χ0) is 14.8. The fourth-order valence-electron chi connectivity index (χ4n) is 1.86. The Morgan fingerprint density at radius 2 is 1.95 bits per heavy atom. The number of nitrogens with zero attached hydrogens (tertiary/aromatic N) is 2. The van der Waals surface area contributed by atoms with Crippen molar-refractivity contribution in [1.29, 1.82) is 0 Å². The van der Waals surface area contributed by atoms with Gasteiger partial charge in [0.15, 0.2) is 5.16 Å². The first kappa shape index (κ1) is 13.3. The van der Waals surface area contributed by atoms with Crippen LogP contribution in [0.25, 0.3) is 11.0 Å². The number of carbonyl (C=O) groups is 1. The molecule has 0 amide bonds. The molecule has 0 aliphatic heterocycles. The molecule has 21 heavy (non-hydrogen) atoms. The van der Waals surface area contributed by atoms with Crippen LogP contribution in [0, 0.1) is 10.1 Å². The lowest BCUT2D eigenvalue weighted by atomic mass is 10.2. The fourth-order valence-corrected chi connectivity index (χ4v) is 2.59. The predicted molar refractivity (Wildman–Crippen MR) is 79.4 cm³/mol. The number of rotatable bonds is 3. The van der Waals surface area contributed by atoms with Crippen LogP contribution in [0.15, 0.2) is 53.7 Å². The van der Waals surface area contributed by atoms with E-state index in [0.29, 0.717) is 21.8 Å². The Labute approximate surface area is 123 Å². The van der Waals surface area contributed by atoms with Crippen molar-refractivity contribution in [3.8, 4) is 0 Å². The van der Waals surface area contributed by atoms with Gasteiger partial charge in [-0.15, -0.1) is 0 Å². The molecule has 1 heterocycles. The minimum Gasteiger partial charge on any atom is -0.332 e. The van der Waals surface area contributed by atoms with Crippen molar-refractivity contribution in [2.45, 2.75) is 5.16 Å². The monoisotopic (exact) mass is 299 g/mol. The van der Waals surface area contributed by atoms with Crippen LogP contribution in [0.4, 0.5) is 5.69 Å². The number of thioether (sulfide) groups is 1. The van der Waals surface area contributed by atoms with Crippen LogP contribution < -0.4 is 0 Å². The summed E-state index contributed by atoms with van der Waals surface area (Å²) in [5.41, 5.74) is 1.68. The number of nitro benzene ring substituents is 1. The van der Waals surface area contributed by atoms with Crippen LogP contribution in [-0.4, -0.2) is 20.0 Å². The third-order valence-electron chi connectivity index (χ3n) is 2.85. The van der Waals surface area contributed by atoms with Crippen molar-refractivity contribution in [1.82, 2.24) is 9.97 Å². The highest BCUT2D eigenvalue weighted by molar-refractivity contribution is 8.14. The normalized spacial score (nSPS) is 10.7. The highest BCUT2D eigenvalue weighted by Gasteiger charge is 2.13. The Morgan fingerprint density at radius 1 is 1.19 bits per heavy atom. The maximum Gasteiger partial charge on any atom is 0.271 e. The van der Waals surface area contributed by atoms with Gasteiger partial charge < -0.3 is 4.98 Å². The number of H-pyrrole nitrogens is 1. The number of non-ortho nitro benzene ring substituents is 1. The lowest BCUT2D eigenvalue weighted by Gasteiger charge is -1.96. The van der Waals surface area contributed by atoms with Crippen molar-refractivity contribution >= 4 is 33.6 Å². The molecule has 3 rings (SSSR count). The second-order valence-corrected chi connectivity index (χ2v) is 5.22. The molecule has 0 unspecified atom stereocenters. The van der Waals surface area contributed by atoms with Crippen molar-refractivity contribution in [2.75, 3.05) is 0 Å². The van der Waals surface area contributed by atoms with Gasteiger partial charge in [-0.25, -0.2) is 4.98 Å². The van der Waals surface area contributed by atoms with E-state index in [1.807, 2.05) is 6.07 Å². The number of imidazole rings is 1. The van der Waals surface area contributed by atoms with Crippen molar-refractivity contribution in [3.05, 3.63) is 64.2 Å². The standard InChI is InChI=1S/C14H9N3O3S/c18-13(9-4-2-1-3-5-9)21-14-15-11-7-6-10(17(19)20)8-12(11)16-14/h1-8H,(H,15,16). The van der Waals surface area contributed by atoms with E-state index in [9.17, 15) is 14.9 Å². The Morgan fingerprint density at radius 3 is 2.67 bits per heavy atom. The zero-order valence-electron chi connectivity index (χ0n) is 10.6. The van der Waals surface area contributed by atoms with Crippen LogP contribution in [-0.2, 0) is 0 Å². The average molecular weight is 299 g/mol. The number of aromatic amines is 1. The van der Waals surface area contributed by atoms with E-state index in [-0.39, 0.29) is 10.8 Å². The molecule has 0 bridgehead atoms. The molecule has 104 valence electrons. The molecule has 0 saturated heterocycles. The van der Waals surface area contributed by atoms with E-state index in [0.717, 1.165) is 11.8 Å². The van der Waals surface area contributed by atoms with Crippen LogP contribution in [0.3, 0.4) is 0 Å². The van der Waals surface area contributed by atoms with E-state index in [2.05, 4.69) is 9.97 Å². The molecule has 7 heteroatoms. The SMILES string of the molecule is O=C(Sc1nc2ccc([N+](=O)[O-])cc2[nH]1)c1ccccc1. The number of hydrogen-bond acceptors (Lipinski definition) is 5. The molecule has 0 aliphatic rings. The van der Waals surface area contributed by atoms with Gasteiger partial charge in [0.1, 0.15) is 0 Å². The number of hydrogen-bond donors (Lipinski definition) is 1. The van der Waals surface area contributed by atoms with Crippen molar-refractivity contribution in [3.63, 3.8) is 0 Å². The third-order valence-corrected chi connectivity index (χ3v) is 3.66. The molecule has 0 saturated carbocycles. The molecule has 0 radical (unpaired) electrons. The lowest BCUT2D eigenvalue weighted by Crippen LogP contribution is -1.92. The van der Waals surface area contributed by atoms with E-state index >= 15 is 0 Å². The number of aromatic nitrogens is 2. The average Bonchev–Trinajstić information content (AvgIpc) is 2.89. The van der Waals surface area contributed by atoms with E-state index in [4.69, 9.17) is 0 Å². The Balaban J connectivity index is 1.88. The summed E-state index contributed by atoms with van der Waals surface area (Å²) in [5.74, 6) is 0. The van der Waals surface area contributed by atoms with E-state index in [1.165, 1.54) is 12.1 Å². The summed E-state index contributed by atoms with van der Waals surface area (Å²) in [6.45, 7) is 0. The van der Waals surface area contributed by atoms with Gasteiger partial charge in [0.2, 0.25) is 5.12 Å². The fraction of sp³-hybridized carbons (Fsp3) is 0.